The topological polar surface area (TPSA) is 82.9 Å². The summed E-state index contributed by atoms with van der Waals surface area (Å²) in [4.78, 5) is 21.0. The average Bonchev–Trinajstić information content (AvgIpc) is 3.81. The number of hydrogen-bond donors (Lipinski definition) is 1. The minimum absolute atomic E-state index is 0.109. The maximum absolute atomic E-state index is 13.7. The normalized spacial score (nSPS) is 22.6. The van der Waals surface area contributed by atoms with E-state index in [0.717, 1.165) is 62.3 Å². The van der Waals surface area contributed by atoms with E-state index < -0.39 is 11.7 Å². The average molecular weight is 540 g/mol. The van der Waals surface area contributed by atoms with Crippen molar-refractivity contribution in [1.29, 1.82) is 0 Å². The SMILES string of the molecule is O=C(c1cnn(C2CCN(c3nnc(C4CC4)[nH]3)CC2)c1C1CC1)N1CC[C@@H](c2ccccc2C(F)(F)F)C1. The number of aromatic nitrogens is 5. The van der Waals surface area contributed by atoms with Gasteiger partial charge in [-0.25, -0.2) is 0 Å². The van der Waals surface area contributed by atoms with Gasteiger partial charge in [0.25, 0.3) is 5.91 Å². The predicted molar refractivity (Wildman–Crippen MR) is 138 cm³/mol. The highest BCUT2D eigenvalue weighted by atomic mass is 19.4. The number of likely N-dealkylation sites (tertiary alicyclic amines) is 1. The fourth-order valence-electron chi connectivity index (χ4n) is 6.34. The molecule has 0 bridgehead atoms. The third kappa shape index (κ3) is 4.69. The van der Waals surface area contributed by atoms with Crippen LogP contribution in [0.1, 0.15) is 102 Å². The Morgan fingerprint density at radius 1 is 0.897 bits per heavy atom. The number of nitrogens with one attached hydrogen (secondary N) is 1. The molecule has 39 heavy (non-hydrogen) atoms. The van der Waals surface area contributed by atoms with Crippen molar-refractivity contribution >= 4 is 11.9 Å². The summed E-state index contributed by atoms with van der Waals surface area (Å²) < 4.78 is 42.9. The molecule has 0 unspecified atom stereocenters. The van der Waals surface area contributed by atoms with Crippen molar-refractivity contribution in [3.63, 3.8) is 0 Å². The molecule has 11 heteroatoms. The van der Waals surface area contributed by atoms with Gasteiger partial charge in [-0.05, 0) is 56.6 Å². The predicted octanol–water partition coefficient (Wildman–Crippen LogP) is 5.25. The molecule has 2 aliphatic carbocycles. The van der Waals surface area contributed by atoms with Crippen molar-refractivity contribution in [2.45, 2.75) is 74.9 Å². The number of anilines is 1. The lowest BCUT2D eigenvalue weighted by molar-refractivity contribution is -0.138. The summed E-state index contributed by atoms with van der Waals surface area (Å²) in [5, 5.41) is 13.4. The van der Waals surface area contributed by atoms with E-state index in [2.05, 4.69) is 24.8 Å². The standard InChI is InChI=1S/C28H32F3N7O/c29-28(30,31)23-4-2-1-3-21(23)19-9-12-37(16-19)26(39)22-15-32-38(24(22)17-5-6-17)20-10-13-36(14-11-20)27-33-25(34-35-27)18-7-8-18/h1-4,15,17-20H,5-14,16H2,(H,33,34,35)/t19-/m1/s1. The summed E-state index contributed by atoms with van der Waals surface area (Å²) in [6.07, 6.45) is 4.04. The number of halogens is 3. The van der Waals surface area contributed by atoms with Crippen LogP contribution in [-0.4, -0.2) is 61.9 Å². The molecular weight excluding hydrogens is 507 g/mol. The van der Waals surface area contributed by atoms with Gasteiger partial charge in [0.15, 0.2) is 0 Å². The third-order valence-corrected chi connectivity index (χ3v) is 8.78. The molecule has 1 amide bonds. The zero-order valence-corrected chi connectivity index (χ0v) is 21.7. The summed E-state index contributed by atoms with van der Waals surface area (Å²) in [5.74, 6) is 2.25. The van der Waals surface area contributed by atoms with Gasteiger partial charge >= 0.3 is 6.18 Å². The smallest absolute Gasteiger partial charge is 0.341 e. The summed E-state index contributed by atoms with van der Waals surface area (Å²) in [6.45, 7) is 2.41. The fourth-order valence-corrected chi connectivity index (χ4v) is 6.34. The molecule has 4 aliphatic rings. The minimum atomic E-state index is -4.41. The molecule has 0 spiro atoms. The van der Waals surface area contributed by atoms with E-state index in [-0.39, 0.29) is 23.4 Å². The Balaban J connectivity index is 1.05. The number of amides is 1. The fraction of sp³-hybridized carbons (Fsp3) is 0.571. The van der Waals surface area contributed by atoms with Crippen LogP contribution in [0.5, 0.6) is 0 Å². The van der Waals surface area contributed by atoms with E-state index >= 15 is 0 Å². The Bertz CT molecular complexity index is 1370. The van der Waals surface area contributed by atoms with E-state index in [9.17, 15) is 18.0 Å². The third-order valence-electron chi connectivity index (χ3n) is 8.78. The van der Waals surface area contributed by atoms with E-state index in [1.807, 2.05) is 0 Å². The zero-order chi connectivity index (χ0) is 26.7. The molecule has 1 aromatic carbocycles. The molecule has 4 fully saturated rings. The van der Waals surface area contributed by atoms with Gasteiger partial charge in [-0.15, -0.1) is 10.2 Å². The molecule has 1 atom stereocenters. The number of carbonyl (C=O) groups is 1. The van der Waals surface area contributed by atoms with Gasteiger partial charge in [-0.1, -0.05) is 18.2 Å². The molecular formula is C28H32F3N7O. The first-order valence-electron chi connectivity index (χ1n) is 14.1. The van der Waals surface area contributed by atoms with Crippen LogP contribution in [-0.2, 0) is 6.18 Å². The lowest BCUT2D eigenvalue weighted by Crippen LogP contribution is -2.36. The first-order valence-corrected chi connectivity index (χ1v) is 14.1. The summed E-state index contributed by atoms with van der Waals surface area (Å²) in [5.41, 5.74) is 1.31. The molecule has 2 saturated heterocycles. The summed E-state index contributed by atoms with van der Waals surface area (Å²) in [6, 6.07) is 5.95. The molecule has 8 nitrogen and oxygen atoms in total. The molecule has 7 rings (SSSR count). The Morgan fingerprint density at radius 2 is 1.64 bits per heavy atom. The Morgan fingerprint density at radius 3 is 2.36 bits per heavy atom. The number of piperidine rings is 1. The summed E-state index contributed by atoms with van der Waals surface area (Å²) >= 11 is 0. The second kappa shape index (κ2) is 9.38. The van der Waals surface area contributed by atoms with Crippen LogP contribution in [0.2, 0.25) is 0 Å². The molecule has 2 saturated carbocycles. The van der Waals surface area contributed by atoms with E-state index in [1.165, 1.54) is 18.9 Å². The van der Waals surface area contributed by atoms with E-state index in [1.54, 1.807) is 23.2 Å². The van der Waals surface area contributed by atoms with Crippen LogP contribution in [0.25, 0.3) is 0 Å². The lowest BCUT2D eigenvalue weighted by atomic mass is 9.93. The van der Waals surface area contributed by atoms with Crippen LogP contribution in [0, 0.1) is 0 Å². The van der Waals surface area contributed by atoms with Gasteiger partial charge < -0.3 is 14.8 Å². The van der Waals surface area contributed by atoms with Crippen molar-refractivity contribution in [2.24, 2.45) is 0 Å². The van der Waals surface area contributed by atoms with Gasteiger partial charge in [0.2, 0.25) is 5.95 Å². The van der Waals surface area contributed by atoms with Crippen LogP contribution in [0.3, 0.4) is 0 Å². The van der Waals surface area contributed by atoms with Crippen molar-refractivity contribution in [1.82, 2.24) is 29.9 Å². The molecule has 4 heterocycles. The van der Waals surface area contributed by atoms with E-state index in [4.69, 9.17) is 5.10 Å². The maximum Gasteiger partial charge on any atom is 0.416 e. The van der Waals surface area contributed by atoms with Gasteiger partial charge in [0.05, 0.1) is 29.1 Å². The number of carbonyl (C=O) groups excluding carboxylic acids is 1. The van der Waals surface area contributed by atoms with E-state index in [0.29, 0.717) is 36.9 Å². The van der Waals surface area contributed by atoms with Crippen molar-refractivity contribution in [3.8, 4) is 0 Å². The molecule has 3 aromatic rings. The van der Waals surface area contributed by atoms with Crippen LogP contribution in [0.15, 0.2) is 30.5 Å². The number of benzene rings is 1. The number of alkyl halides is 3. The van der Waals surface area contributed by atoms with Crippen LogP contribution < -0.4 is 4.90 Å². The second-order valence-electron chi connectivity index (χ2n) is 11.5. The second-order valence-corrected chi connectivity index (χ2v) is 11.5. The van der Waals surface area contributed by atoms with Gasteiger partial charge in [0, 0.05) is 43.9 Å². The van der Waals surface area contributed by atoms with Gasteiger partial charge in [0.1, 0.15) is 5.82 Å². The first kappa shape index (κ1) is 24.7. The van der Waals surface area contributed by atoms with Crippen LogP contribution in [0.4, 0.5) is 19.1 Å². The molecule has 206 valence electrons. The molecule has 2 aromatic heterocycles. The molecule has 2 aliphatic heterocycles. The van der Waals surface area contributed by atoms with Gasteiger partial charge in [-0.2, -0.15) is 18.3 Å². The van der Waals surface area contributed by atoms with Crippen molar-refractivity contribution in [2.75, 3.05) is 31.1 Å². The maximum atomic E-state index is 13.7. The summed E-state index contributed by atoms with van der Waals surface area (Å²) in [7, 11) is 0. The number of rotatable bonds is 6. The number of H-pyrrole nitrogens is 1. The molecule has 0 radical (unpaired) electrons. The number of aromatic amines is 1. The molecule has 1 N–H and O–H groups in total. The largest absolute Gasteiger partial charge is 0.416 e. The highest BCUT2D eigenvalue weighted by molar-refractivity contribution is 5.95. The minimum Gasteiger partial charge on any atom is -0.341 e. The highest BCUT2D eigenvalue weighted by Gasteiger charge is 2.40. The van der Waals surface area contributed by atoms with Crippen LogP contribution >= 0.6 is 0 Å². The van der Waals surface area contributed by atoms with Gasteiger partial charge in [-0.3, -0.25) is 9.48 Å². The number of hydrogen-bond acceptors (Lipinski definition) is 5. The highest BCUT2D eigenvalue weighted by Crippen LogP contribution is 2.45. The quantitative estimate of drug-likeness (QED) is 0.463. The lowest BCUT2D eigenvalue weighted by Gasteiger charge is -2.32. The number of nitrogens with zero attached hydrogens (tertiary/aromatic N) is 6. The Kier molecular flexibility index (Phi) is 5.93. The monoisotopic (exact) mass is 539 g/mol. The zero-order valence-electron chi connectivity index (χ0n) is 21.7. The van der Waals surface area contributed by atoms with Crippen molar-refractivity contribution < 1.29 is 18.0 Å². The van der Waals surface area contributed by atoms with Crippen molar-refractivity contribution in [3.05, 3.63) is 58.7 Å². The Labute approximate surface area is 224 Å². The Hall–Kier alpha value is -3.37. The first-order chi connectivity index (χ1) is 18.9.